The first-order valence-corrected chi connectivity index (χ1v) is 5.63. The molecule has 102 valence electrons. The Bertz CT molecular complexity index is 374. The van der Waals surface area contributed by atoms with Crippen LogP contribution in [-0.2, 0) is 6.42 Å². The van der Waals surface area contributed by atoms with Gasteiger partial charge in [0.2, 0.25) is 0 Å². The summed E-state index contributed by atoms with van der Waals surface area (Å²) in [5, 5.41) is 8.86. The van der Waals surface area contributed by atoms with E-state index < -0.39 is 6.61 Å². The number of aliphatic hydroxyl groups excluding tert-OH is 1. The SMILES string of the molecule is CCOc1cc(CC(N)CO)ccc1OC(F)F. The van der Waals surface area contributed by atoms with E-state index in [0.717, 1.165) is 5.56 Å². The summed E-state index contributed by atoms with van der Waals surface area (Å²) in [6.45, 7) is -0.943. The summed E-state index contributed by atoms with van der Waals surface area (Å²) in [6.07, 6.45) is 0.436. The van der Waals surface area contributed by atoms with Crippen LogP contribution in [0, 0.1) is 0 Å². The highest BCUT2D eigenvalue weighted by Crippen LogP contribution is 2.30. The number of ether oxygens (including phenoxy) is 2. The molecule has 3 N–H and O–H groups in total. The molecule has 1 unspecified atom stereocenters. The predicted molar refractivity (Wildman–Crippen MR) is 63.0 cm³/mol. The van der Waals surface area contributed by atoms with Gasteiger partial charge in [0.05, 0.1) is 13.2 Å². The highest BCUT2D eigenvalue weighted by molar-refractivity contribution is 5.43. The normalized spacial score (nSPS) is 12.6. The molecule has 0 aliphatic carbocycles. The first-order valence-electron chi connectivity index (χ1n) is 5.63. The average molecular weight is 261 g/mol. The lowest BCUT2D eigenvalue weighted by Gasteiger charge is -2.14. The molecule has 0 radical (unpaired) electrons. The lowest BCUT2D eigenvalue weighted by molar-refractivity contribution is -0.0514. The van der Waals surface area contributed by atoms with E-state index in [1.54, 1.807) is 19.1 Å². The molecule has 0 spiro atoms. The van der Waals surface area contributed by atoms with Crippen LogP contribution >= 0.6 is 0 Å². The molecular weight excluding hydrogens is 244 g/mol. The van der Waals surface area contributed by atoms with Gasteiger partial charge in [-0.25, -0.2) is 0 Å². The van der Waals surface area contributed by atoms with Crippen molar-refractivity contribution in [2.75, 3.05) is 13.2 Å². The third-order valence-corrected chi connectivity index (χ3v) is 2.26. The second-order valence-electron chi connectivity index (χ2n) is 3.74. The number of hydrogen-bond acceptors (Lipinski definition) is 4. The standard InChI is InChI=1S/C12H17F2NO3/c1-2-17-11-6-8(5-9(15)7-16)3-4-10(11)18-12(13)14/h3-4,6,9,12,16H,2,5,7,15H2,1H3. The summed E-state index contributed by atoms with van der Waals surface area (Å²) in [6, 6.07) is 4.24. The van der Waals surface area contributed by atoms with Crippen LogP contribution in [-0.4, -0.2) is 31.0 Å². The van der Waals surface area contributed by atoms with Crippen LogP contribution in [0.1, 0.15) is 12.5 Å². The van der Waals surface area contributed by atoms with Gasteiger partial charge in [-0.3, -0.25) is 0 Å². The van der Waals surface area contributed by atoms with Crippen molar-refractivity contribution in [1.29, 1.82) is 0 Å². The molecule has 0 bridgehead atoms. The molecular formula is C12H17F2NO3. The second-order valence-corrected chi connectivity index (χ2v) is 3.74. The predicted octanol–water partition coefficient (Wildman–Crippen LogP) is 1.55. The lowest BCUT2D eigenvalue weighted by atomic mass is 10.1. The van der Waals surface area contributed by atoms with Crippen molar-refractivity contribution in [1.82, 2.24) is 0 Å². The maximum Gasteiger partial charge on any atom is 0.387 e. The third kappa shape index (κ3) is 4.46. The molecule has 4 nitrogen and oxygen atoms in total. The van der Waals surface area contributed by atoms with Gasteiger partial charge >= 0.3 is 6.61 Å². The van der Waals surface area contributed by atoms with E-state index in [1.165, 1.54) is 6.07 Å². The number of rotatable bonds is 7. The summed E-state index contributed by atoms with van der Waals surface area (Å²) in [7, 11) is 0. The largest absolute Gasteiger partial charge is 0.490 e. The fourth-order valence-electron chi connectivity index (χ4n) is 1.51. The van der Waals surface area contributed by atoms with Crippen molar-refractivity contribution < 1.29 is 23.4 Å². The van der Waals surface area contributed by atoms with E-state index in [-0.39, 0.29) is 24.1 Å². The first kappa shape index (κ1) is 14.7. The topological polar surface area (TPSA) is 64.7 Å². The van der Waals surface area contributed by atoms with Crippen molar-refractivity contribution >= 4 is 0 Å². The Morgan fingerprint density at radius 1 is 1.33 bits per heavy atom. The smallest absolute Gasteiger partial charge is 0.387 e. The molecule has 0 saturated heterocycles. The zero-order valence-electron chi connectivity index (χ0n) is 10.1. The zero-order chi connectivity index (χ0) is 13.5. The number of nitrogens with two attached hydrogens (primary N) is 1. The Hall–Kier alpha value is -1.40. The van der Waals surface area contributed by atoms with E-state index in [4.69, 9.17) is 15.6 Å². The molecule has 0 aromatic heterocycles. The summed E-state index contributed by atoms with van der Waals surface area (Å²) < 4.78 is 33.9. The molecule has 1 aromatic carbocycles. The quantitative estimate of drug-likeness (QED) is 0.781. The maximum atomic E-state index is 12.2. The molecule has 1 atom stereocenters. The fourth-order valence-corrected chi connectivity index (χ4v) is 1.51. The average Bonchev–Trinajstić information content (AvgIpc) is 2.32. The Labute approximate surface area is 104 Å². The number of halogens is 2. The minimum absolute atomic E-state index is 0.00632. The number of alkyl halides is 2. The minimum atomic E-state index is -2.89. The molecule has 0 aliphatic rings. The van der Waals surface area contributed by atoms with Crippen molar-refractivity contribution in [3.63, 3.8) is 0 Å². The van der Waals surface area contributed by atoms with Gasteiger partial charge < -0.3 is 20.3 Å². The lowest BCUT2D eigenvalue weighted by Crippen LogP contribution is -2.26. The Morgan fingerprint density at radius 3 is 2.61 bits per heavy atom. The molecule has 0 saturated carbocycles. The number of aliphatic hydroxyl groups is 1. The summed E-state index contributed by atoms with van der Waals surface area (Å²) in [5.41, 5.74) is 6.40. The Balaban J connectivity index is 2.87. The van der Waals surface area contributed by atoms with Crippen LogP contribution in [0.15, 0.2) is 18.2 Å². The third-order valence-electron chi connectivity index (χ3n) is 2.26. The molecule has 0 heterocycles. The van der Waals surface area contributed by atoms with E-state index in [0.29, 0.717) is 13.0 Å². The Morgan fingerprint density at radius 2 is 2.06 bits per heavy atom. The van der Waals surface area contributed by atoms with Gasteiger partial charge in [-0.05, 0) is 31.0 Å². The molecule has 0 amide bonds. The Kier molecular flexibility index (Phi) is 5.80. The first-order chi connectivity index (χ1) is 8.56. The van der Waals surface area contributed by atoms with Gasteiger partial charge in [-0.15, -0.1) is 0 Å². The number of benzene rings is 1. The zero-order valence-corrected chi connectivity index (χ0v) is 10.1. The van der Waals surface area contributed by atoms with Crippen molar-refractivity contribution in [3.05, 3.63) is 23.8 Å². The highest BCUT2D eigenvalue weighted by atomic mass is 19.3. The second kappa shape index (κ2) is 7.13. The maximum absolute atomic E-state index is 12.2. The fraction of sp³-hybridized carbons (Fsp3) is 0.500. The molecule has 0 aliphatic heterocycles. The van der Waals surface area contributed by atoms with Crippen LogP contribution in [0.4, 0.5) is 8.78 Å². The van der Waals surface area contributed by atoms with Crippen LogP contribution in [0.25, 0.3) is 0 Å². The van der Waals surface area contributed by atoms with Gasteiger partial charge in [-0.1, -0.05) is 6.07 Å². The summed E-state index contributed by atoms with van der Waals surface area (Å²) in [4.78, 5) is 0. The molecule has 0 fully saturated rings. The summed E-state index contributed by atoms with van der Waals surface area (Å²) in [5.74, 6) is 0.244. The number of hydrogen-bond donors (Lipinski definition) is 2. The van der Waals surface area contributed by atoms with Crippen molar-refractivity contribution in [3.8, 4) is 11.5 Å². The van der Waals surface area contributed by atoms with Crippen molar-refractivity contribution in [2.24, 2.45) is 5.73 Å². The van der Waals surface area contributed by atoms with Gasteiger partial charge in [0.1, 0.15) is 0 Å². The monoisotopic (exact) mass is 261 g/mol. The molecule has 1 aromatic rings. The van der Waals surface area contributed by atoms with Crippen LogP contribution in [0.2, 0.25) is 0 Å². The van der Waals surface area contributed by atoms with E-state index in [2.05, 4.69) is 4.74 Å². The molecule has 18 heavy (non-hydrogen) atoms. The molecule has 1 rings (SSSR count). The minimum Gasteiger partial charge on any atom is -0.490 e. The molecule has 6 heteroatoms. The summed E-state index contributed by atoms with van der Waals surface area (Å²) >= 11 is 0. The van der Waals surface area contributed by atoms with E-state index >= 15 is 0 Å². The van der Waals surface area contributed by atoms with Gasteiger partial charge in [0, 0.05) is 6.04 Å². The highest BCUT2D eigenvalue weighted by Gasteiger charge is 2.12. The van der Waals surface area contributed by atoms with Gasteiger partial charge in [0.15, 0.2) is 11.5 Å². The van der Waals surface area contributed by atoms with Crippen LogP contribution in [0.5, 0.6) is 11.5 Å². The van der Waals surface area contributed by atoms with Crippen LogP contribution < -0.4 is 15.2 Å². The van der Waals surface area contributed by atoms with Crippen molar-refractivity contribution in [2.45, 2.75) is 26.0 Å². The van der Waals surface area contributed by atoms with Crippen LogP contribution in [0.3, 0.4) is 0 Å². The van der Waals surface area contributed by atoms with E-state index in [1.807, 2.05) is 0 Å². The van der Waals surface area contributed by atoms with Gasteiger partial charge in [-0.2, -0.15) is 8.78 Å². The van der Waals surface area contributed by atoms with Gasteiger partial charge in [0.25, 0.3) is 0 Å². The van der Waals surface area contributed by atoms with E-state index in [9.17, 15) is 8.78 Å².